The molecule has 0 fully saturated rings. The second-order valence-corrected chi connectivity index (χ2v) is 7.69. The van der Waals surface area contributed by atoms with Gasteiger partial charge in [0, 0.05) is 54.9 Å². The van der Waals surface area contributed by atoms with Crippen molar-refractivity contribution in [3.05, 3.63) is 66.1 Å². The number of fused-ring (bicyclic) bond motifs is 1. The lowest BCUT2D eigenvalue weighted by molar-refractivity contribution is 0.0964. The highest BCUT2D eigenvalue weighted by atomic mass is 16.5. The first-order chi connectivity index (χ1) is 16.5. The highest BCUT2D eigenvalue weighted by molar-refractivity contribution is 6.06. The Labute approximate surface area is 197 Å². The maximum absolute atomic E-state index is 12.3. The lowest BCUT2D eigenvalue weighted by atomic mass is 9.96. The first-order valence-corrected chi connectivity index (χ1v) is 10.8. The summed E-state index contributed by atoms with van der Waals surface area (Å²) in [7, 11) is 4.73. The minimum Gasteiger partial charge on any atom is -0.481 e. The molecular weight excluding hydrogens is 432 g/mol. The third-order valence-electron chi connectivity index (χ3n) is 5.55. The molecule has 9 nitrogen and oxygen atoms in total. The van der Waals surface area contributed by atoms with E-state index in [1.54, 1.807) is 45.7 Å². The summed E-state index contributed by atoms with van der Waals surface area (Å²) in [5.41, 5.74) is 4.00. The van der Waals surface area contributed by atoms with E-state index >= 15 is 0 Å². The van der Waals surface area contributed by atoms with Crippen LogP contribution in [0.5, 0.6) is 11.8 Å². The molecular formula is C25H26N6O3. The molecule has 0 aliphatic rings. The van der Waals surface area contributed by atoms with E-state index in [2.05, 4.69) is 37.5 Å². The van der Waals surface area contributed by atoms with Crippen molar-refractivity contribution in [3.63, 3.8) is 0 Å². The summed E-state index contributed by atoms with van der Waals surface area (Å²) in [6.07, 6.45) is 3.18. The predicted octanol–water partition coefficient (Wildman–Crippen LogP) is 3.68. The van der Waals surface area contributed by atoms with Gasteiger partial charge in [0.1, 0.15) is 12.1 Å². The molecule has 0 spiro atoms. The van der Waals surface area contributed by atoms with E-state index < -0.39 is 0 Å². The molecule has 3 aromatic heterocycles. The SMILES string of the molecule is CNC(=O)c1ccnc2c([C@H](C)CNc3cc(-c4cc(OC)nc(OC)c4)ncn3)cccc12. The second-order valence-electron chi connectivity index (χ2n) is 7.69. The number of aromatic nitrogens is 4. The lowest BCUT2D eigenvalue weighted by Gasteiger charge is -2.16. The van der Waals surface area contributed by atoms with Crippen LogP contribution in [0.1, 0.15) is 28.8 Å². The van der Waals surface area contributed by atoms with Crippen molar-refractivity contribution in [3.8, 4) is 23.0 Å². The van der Waals surface area contributed by atoms with Gasteiger partial charge in [0.2, 0.25) is 11.8 Å². The van der Waals surface area contributed by atoms with Crippen LogP contribution < -0.4 is 20.1 Å². The normalized spacial score (nSPS) is 11.6. The first-order valence-electron chi connectivity index (χ1n) is 10.8. The van der Waals surface area contributed by atoms with Crippen molar-refractivity contribution < 1.29 is 14.3 Å². The van der Waals surface area contributed by atoms with Gasteiger partial charge in [-0.2, -0.15) is 4.98 Å². The largest absolute Gasteiger partial charge is 0.481 e. The number of ether oxygens (including phenoxy) is 2. The van der Waals surface area contributed by atoms with E-state index in [-0.39, 0.29) is 11.8 Å². The van der Waals surface area contributed by atoms with Crippen molar-refractivity contribution >= 4 is 22.6 Å². The van der Waals surface area contributed by atoms with Crippen molar-refractivity contribution in [2.24, 2.45) is 0 Å². The zero-order valence-corrected chi connectivity index (χ0v) is 19.5. The number of hydrogen-bond acceptors (Lipinski definition) is 8. The fourth-order valence-electron chi connectivity index (χ4n) is 3.75. The molecule has 0 unspecified atom stereocenters. The van der Waals surface area contributed by atoms with E-state index in [0.717, 1.165) is 22.0 Å². The van der Waals surface area contributed by atoms with Crippen molar-refractivity contribution in [2.45, 2.75) is 12.8 Å². The van der Waals surface area contributed by atoms with Crippen LogP contribution in [0.2, 0.25) is 0 Å². The molecule has 0 radical (unpaired) electrons. The summed E-state index contributed by atoms with van der Waals surface area (Å²) in [6, 6.07) is 13.1. The number of carbonyl (C=O) groups is 1. The molecule has 0 aliphatic heterocycles. The Balaban J connectivity index is 1.56. The summed E-state index contributed by atoms with van der Waals surface area (Å²) in [6.45, 7) is 2.72. The number of rotatable bonds is 8. The third kappa shape index (κ3) is 4.73. The monoisotopic (exact) mass is 458 g/mol. The fourth-order valence-corrected chi connectivity index (χ4v) is 3.75. The van der Waals surface area contributed by atoms with Crippen LogP contribution in [-0.2, 0) is 0 Å². The van der Waals surface area contributed by atoms with Crippen LogP contribution in [0.4, 0.5) is 5.82 Å². The van der Waals surface area contributed by atoms with E-state index in [1.165, 1.54) is 6.33 Å². The molecule has 1 amide bonds. The quantitative estimate of drug-likeness (QED) is 0.411. The Morgan fingerprint density at radius 3 is 2.50 bits per heavy atom. The van der Waals surface area contributed by atoms with Crippen molar-refractivity contribution in [1.82, 2.24) is 25.3 Å². The maximum Gasteiger partial charge on any atom is 0.251 e. The minimum absolute atomic E-state index is 0.107. The van der Waals surface area contributed by atoms with E-state index in [0.29, 0.717) is 35.4 Å². The molecule has 4 aromatic rings. The molecule has 34 heavy (non-hydrogen) atoms. The molecule has 3 heterocycles. The summed E-state index contributed by atoms with van der Waals surface area (Å²) < 4.78 is 10.5. The number of para-hydroxylation sites is 1. The van der Waals surface area contributed by atoms with Gasteiger partial charge in [0.05, 0.1) is 31.0 Å². The zero-order chi connectivity index (χ0) is 24.1. The Morgan fingerprint density at radius 2 is 1.79 bits per heavy atom. The van der Waals surface area contributed by atoms with Gasteiger partial charge < -0.3 is 20.1 Å². The molecule has 0 saturated carbocycles. The summed E-state index contributed by atoms with van der Waals surface area (Å²) in [5.74, 6) is 1.54. The summed E-state index contributed by atoms with van der Waals surface area (Å²) >= 11 is 0. The fraction of sp³-hybridized carbons (Fsp3) is 0.240. The molecule has 0 bridgehead atoms. The Bertz CT molecular complexity index is 1310. The number of amides is 1. The predicted molar refractivity (Wildman–Crippen MR) is 130 cm³/mol. The molecule has 9 heteroatoms. The van der Waals surface area contributed by atoms with E-state index in [4.69, 9.17) is 9.47 Å². The second kappa shape index (κ2) is 10.1. The first kappa shape index (κ1) is 22.9. The van der Waals surface area contributed by atoms with Gasteiger partial charge in [0.25, 0.3) is 5.91 Å². The topological polar surface area (TPSA) is 111 Å². The Kier molecular flexibility index (Phi) is 6.82. The van der Waals surface area contributed by atoms with Crippen molar-refractivity contribution in [2.75, 3.05) is 33.1 Å². The van der Waals surface area contributed by atoms with Gasteiger partial charge >= 0.3 is 0 Å². The van der Waals surface area contributed by atoms with Gasteiger partial charge in [-0.15, -0.1) is 0 Å². The lowest BCUT2D eigenvalue weighted by Crippen LogP contribution is -2.18. The number of anilines is 1. The third-order valence-corrected chi connectivity index (χ3v) is 5.55. The highest BCUT2D eigenvalue weighted by Crippen LogP contribution is 2.28. The Morgan fingerprint density at radius 1 is 1.03 bits per heavy atom. The number of methoxy groups -OCH3 is 2. The summed E-state index contributed by atoms with van der Waals surface area (Å²) in [5, 5.41) is 6.91. The van der Waals surface area contributed by atoms with Gasteiger partial charge in [-0.1, -0.05) is 25.1 Å². The van der Waals surface area contributed by atoms with Gasteiger partial charge in [-0.05, 0) is 11.6 Å². The molecule has 4 rings (SSSR count). The molecule has 174 valence electrons. The zero-order valence-electron chi connectivity index (χ0n) is 19.5. The van der Waals surface area contributed by atoms with E-state index in [9.17, 15) is 4.79 Å². The number of benzene rings is 1. The Hall–Kier alpha value is -4.27. The molecule has 1 aromatic carbocycles. The van der Waals surface area contributed by atoms with Crippen molar-refractivity contribution in [1.29, 1.82) is 0 Å². The highest BCUT2D eigenvalue weighted by Gasteiger charge is 2.15. The molecule has 1 atom stereocenters. The van der Waals surface area contributed by atoms with Gasteiger partial charge in [-0.3, -0.25) is 9.78 Å². The smallest absolute Gasteiger partial charge is 0.251 e. The average Bonchev–Trinajstić information content (AvgIpc) is 2.90. The molecule has 0 aliphatic carbocycles. The minimum atomic E-state index is -0.131. The molecule has 0 saturated heterocycles. The number of carbonyl (C=O) groups excluding carboxylic acids is 1. The number of hydrogen-bond donors (Lipinski definition) is 2. The van der Waals surface area contributed by atoms with Crippen LogP contribution in [0, 0.1) is 0 Å². The standard InChI is InChI=1S/C25H26N6O3/c1-15(17-6-5-7-18-19(25(32)26-2)8-9-27-24(17)18)13-28-21-12-20(29-14-30-21)16-10-22(33-3)31-23(11-16)34-4/h5-12,14-15H,13H2,1-4H3,(H,26,32)(H,28,29,30)/t15-/m1/s1. The van der Waals surface area contributed by atoms with Crippen LogP contribution >= 0.6 is 0 Å². The number of pyridine rings is 2. The van der Waals surface area contributed by atoms with Crippen LogP contribution in [0.25, 0.3) is 22.2 Å². The van der Waals surface area contributed by atoms with E-state index in [1.807, 2.05) is 24.3 Å². The van der Waals surface area contributed by atoms with Crippen LogP contribution in [0.3, 0.4) is 0 Å². The van der Waals surface area contributed by atoms with Gasteiger partial charge in [0.15, 0.2) is 0 Å². The number of nitrogens with zero attached hydrogens (tertiary/aromatic N) is 4. The van der Waals surface area contributed by atoms with Crippen LogP contribution in [0.15, 0.2) is 55.0 Å². The van der Waals surface area contributed by atoms with Crippen LogP contribution in [-0.4, -0.2) is 53.7 Å². The average molecular weight is 459 g/mol. The number of nitrogens with one attached hydrogen (secondary N) is 2. The maximum atomic E-state index is 12.3. The summed E-state index contributed by atoms with van der Waals surface area (Å²) in [4.78, 5) is 29.8. The molecule has 2 N–H and O–H groups in total. The van der Waals surface area contributed by atoms with Gasteiger partial charge in [-0.25, -0.2) is 9.97 Å².